The van der Waals surface area contributed by atoms with Gasteiger partial charge >= 0.3 is 0 Å². The molecule has 0 saturated heterocycles. The first kappa shape index (κ1) is 14.9. The molecule has 0 fully saturated rings. The number of aliphatic hydroxyl groups is 1. The molecule has 0 aliphatic heterocycles. The standard InChI is InChI=1S/C16H17BrO3/c1-16(18,11-5-4-6-13(17)9-11)12-7-8-14(19-2)15(10-12)20-3/h4-10,18H,1-3H3. The lowest BCUT2D eigenvalue weighted by molar-refractivity contribution is 0.102. The van der Waals surface area contributed by atoms with Crippen molar-refractivity contribution in [3.8, 4) is 11.5 Å². The van der Waals surface area contributed by atoms with Crippen molar-refractivity contribution in [1.82, 2.24) is 0 Å². The molecule has 1 unspecified atom stereocenters. The molecule has 0 aliphatic rings. The maximum atomic E-state index is 10.8. The van der Waals surface area contributed by atoms with Crippen molar-refractivity contribution < 1.29 is 14.6 Å². The average Bonchev–Trinajstić information content (AvgIpc) is 2.46. The highest BCUT2D eigenvalue weighted by Gasteiger charge is 2.27. The molecule has 1 atom stereocenters. The van der Waals surface area contributed by atoms with E-state index in [1.165, 1.54) is 0 Å². The zero-order valence-electron chi connectivity index (χ0n) is 11.7. The van der Waals surface area contributed by atoms with Gasteiger partial charge in [-0.1, -0.05) is 34.1 Å². The van der Waals surface area contributed by atoms with Crippen LogP contribution in [0.3, 0.4) is 0 Å². The Morgan fingerprint density at radius 1 is 0.950 bits per heavy atom. The topological polar surface area (TPSA) is 38.7 Å². The third-order valence-electron chi connectivity index (χ3n) is 3.33. The summed E-state index contributed by atoms with van der Waals surface area (Å²) in [7, 11) is 3.17. The van der Waals surface area contributed by atoms with Gasteiger partial charge in [0.2, 0.25) is 0 Å². The van der Waals surface area contributed by atoms with Crippen LogP contribution in [0.1, 0.15) is 18.1 Å². The van der Waals surface area contributed by atoms with Crippen molar-refractivity contribution >= 4 is 15.9 Å². The molecule has 1 N–H and O–H groups in total. The molecule has 2 aromatic rings. The van der Waals surface area contributed by atoms with Crippen LogP contribution in [0, 0.1) is 0 Å². The van der Waals surface area contributed by atoms with Crippen LogP contribution in [0.5, 0.6) is 11.5 Å². The van der Waals surface area contributed by atoms with E-state index >= 15 is 0 Å². The quantitative estimate of drug-likeness (QED) is 0.924. The van der Waals surface area contributed by atoms with E-state index in [4.69, 9.17) is 9.47 Å². The molecular formula is C16H17BrO3. The van der Waals surface area contributed by atoms with E-state index in [9.17, 15) is 5.11 Å². The molecule has 4 heteroatoms. The molecule has 0 saturated carbocycles. The molecule has 2 aromatic carbocycles. The van der Waals surface area contributed by atoms with E-state index in [1.54, 1.807) is 33.3 Å². The van der Waals surface area contributed by atoms with Crippen LogP contribution in [-0.2, 0) is 5.60 Å². The highest BCUT2D eigenvalue weighted by atomic mass is 79.9. The Balaban J connectivity index is 2.48. The van der Waals surface area contributed by atoms with Crippen molar-refractivity contribution in [3.63, 3.8) is 0 Å². The molecule has 0 amide bonds. The molecule has 0 radical (unpaired) electrons. The smallest absolute Gasteiger partial charge is 0.161 e. The Bertz CT molecular complexity index is 608. The van der Waals surface area contributed by atoms with Gasteiger partial charge in [0.1, 0.15) is 5.60 Å². The van der Waals surface area contributed by atoms with Crippen molar-refractivity contribution in [2.45, 2.75) is 12.5 Å². The SMILES string of the molecule is COc1ccc(C(C)(O)c2cccc(Br)c2)cc1OC. The van der Waals surface area contributed by atoms with Crippen molar-refractivity contribution in [2.75, 3.05) is 14.2 Å². The summed E-state index contributed by atoms with van der Waals surface area (Å²) < 4.78 is 11.4. The number of ether oxygens (including phenoxy) is 2. The van der Waals surface area contributed by atoms with Gasteiger partial charge in [-0.15, -0.1) is 0 Å². The van der Waals surface area contributed by atoms with Gasteiger partial charge in [-0.05, 0) is 42.3 Å². The molecule has 0 aromatic heterocycles. The molecule has 3 nitrogen and oxygen atoms in total. The predicted molar refractivity (Wildman–Crippen MR) is 82.4 cm³/mol. The molecule has 106 valence electrons. The zero-order valence-corrected chi connectivity index (χ0v) is 13.3. The fourth-order valence-electron chi connectivity index (χ4n) is 2.10. The highest BCUT2D eigenvalue weighted by Crippen LogP contribution is 2.36. The van der Waals surface area contributed by atoms with Crippen molar-refractivity contribution in [3.05, 3.63) is 58.1 Å². The summed E-state index contributed by atoms with van der Waals surface area (Å²) in [5.74, 6) is 1.24. The fraction of sp³-hybridized carbons (Fsp3) is 0.250. The first-order valence-electron chi connectivity index (χ1n) is 6.20. The lowest BCUT2D eigenvalue weighted by Crippen LogP contribution is -2.22. The molecule has 0 heterocycles. The summed E-state index contributed by atoms with van der Waals surface area (Å²) in [4.78, 5) is 0. The van der Waals surface area contributed by atoms with Crippen LogP contribution in [0.2, 0.25) is 0 Å². The first-order valence-corrected chi connectivity index (χ1v) is 6.99. The Kier molecular flexibility index (Phi) is 4.35. The van der Waals surface area contributed by atoms with Crippen LogP contribution in [-0.4, -0.2) is 19.3 Å². The van der Waals surface area contributed by atoms with Crippen molar-refractivity contribution in [1.29, 1.82) is 0 Å². The molecule has 0 aliphatic carbocycles. The second kappa shape index (κ2) is 5.85. The monoisotopic (exact) mass is 336 g/mol. The van der Waals surface area contributed by atoms with E-state index < -0.39 is 5.60 Å². The third kappa shape index (κ3) is 2.81. The second-order valence-electron chi connectivity index (χ2n) is 4.65. The molecular weight excluding hydrogens is 320 g/mol. The van der Waals surface area contributed by atoms with E-state index in [-0.39, 0.29) is 0 Å². The number of hydrogen-bond donors (Lipinski definition) is 1. The van der Waals surface area contributed by atoms with Gasteiger partial charge in [0.15, 0.2) is 11.5 Å². The maximum Gasteiger partial charge on any atom is 0.161 e. The van der Waals surface area contributed by atoms with Crippen LogP contribution in [0.25, 0.3) is 0 Å². The number of benzene rings is 2. The van der Waals surface area contributed by atoms with E-state index in [0.29, 0.717) is 11.5 Å². The molecule has 0 spiro atoms. The summed E-state index contributed by atoms with van der Waals surface area (Å²) >= 11 is 3.42. The van der Waals surface area contributed by atoms with Crippen LogP contribution < -0.4 is 9.47 Å². The van der Waals surface area contributed by atoms with Crippen LogP contribution in [0.15, 0.2) is 46.9 Å². The second-order valence-corrected chi connectivity index (χ2v) is 5.57. The van der Waals surface area contributed by atoms with E-state index in [1.807, 2.05) is 30.3 Å². The molecule has 0 bridgehead atoms. The van der Waals surface area contributed by atoms with Gasteiger partial charge in [-0.2, -0.15) is 0 Å². The van der Waals surface area contributed by atoms with Gasteiger partial charge in [0, 0.05) is 4.47 Å². The van der Waals surface area contributed by atoms with Gasteiger partial charge < -0.3 is 14.6 Å². The lowest BCUT2D eigenvalue weighted by atomic mass is 9.88. The predicted octanol–water partition coefficient (Wildman–Crippen LogP) is 3.72. The highest BCUT2D eigenvalue weighted by molar-refractivity contribution is 9.10. The molecule has 2 rings (SSSR count). The summed E-state index contributed by atoms with van der Waals surface area (Å²) in [5, 5.41) is 10.8. The number of hydrogen-bond acceptors (Lipinski definition) is 3. The van der Waals surface area contributed by atoms with Gasteiger partial charge in [-0.3, -0.25) is 0 Å². The average molecular weight is 337 g/mol. The Labute approximate surface area is 127 Å². The Hall–Kier alpha value is -1.52. The first-order chi connectivity index (χ1) is 9.48. The third-order valence-corrected chi connectivity index (χ3v) is 3.83. The molecule has 20 heavy (non-hydrogen) atoms. The Morgan fingerprint density at radius 3 is 2.20 bits per heavy atom. The largest absolute Gasteiger partial charge is 0.493 e. The number of methoxy groups -OCH3 is 2. The summed E-state index contributed by atoms with van der Waals surface area (Å²) in [6.45, 7) is 1.76. The van der Waals surface area contributed by atoms with Gasteiger partial charge in [0.25, 0.3) is 0 Å². The summed E-state index contributed by atoms with van der Waals surface area (Å²) in [6.07, 6.45) is 0. The lowest BCUT2D eigenvalue weighted by Gasteiger charge is -2.25. The van der Waals surface area contributed by atoms with Crippen LogP contribution in [0.4, 0.5) is 0 Å². The van der Waals surface area contributed by atoms with Crippen LogP contribution >= 0.6 is 15.9 Å². The minimum Gasteiger partial charge on any atom is -0.493 e. The maximum absolute atomic E-state index is 10.8. The van der Waals surface area contributed by atoms with E-state index in [2.05, 4.69) is 15.9 Å². The normalized spacial score (nSPS) is 13.7. The fourth-order valence-corrected chi connectivity index (χ4v) is 2.50. The van der Waals surface area contributed by atoms with Crippen molar-refractivity contribution in [2.24, 2.45) is 0 Å². The minimum absolute atomic E-state index is 0.597. The van der Waals surface area contributed by atoms with E-state index in [0.717, 1.165) is 15.6 Å². The van der Waals surface area contributed by atoms with Gasteiger partial charge in [0.05, 0.1) is 14.2 Å². The number of halogens is 1. The zero-order chi connectivity index (χ0) is 14.8. The minimum atomic E-state index is -1.11. The summed E-state index contributed by atoms with van der Waals surface area (Å²) in [6, 6.07) is 13.0. The number of rotatable bonds is 4. The van der Waals surface area contributed by atoms with Gasteiger partial charge in [-0.25, -0.2) is 0 Å². The summed E-state index contributed by atoms with van der Waals surface area (Å²) in [5.41, 5.74) is 0.441. The Morgan fingerprint density at radius 2 is 1.60 bits per heavy atom.